The molecule has 6 aromatic heterocycles. The molecule has 0 amide bonds. The van der Waals surface area contributed by atoms with Gasteiger partial charge in [0.05, 0.1) is 35.0 Å². The smallest absolute Gasteiger partial charge is 0.399 e. The van der Waals surface area contributed by atoms with Crippen LogP contribution in [-0.2, 0) is 56.1 Å². The summed E-state index contributed by atoms with van der Waals surface area (Å²) in [5.74, 6) is 3.72. The molecule has 1 aliphatic heterocycles. The molecule has 0 spiro atoms. The molecule has 0 aromatic carbocycles. The molecule has 80 heavy (non-hydrogen) atoms. The highest BCUT2D eigenvalue weighted by molar-refractivity contribution is 6.62. The lowest BCUT2D eigenvalue weighted by Crippen LogP contribution is -2.41. The van der Waals surface area contributed by atoms with E-state index in [0.717, 1.165) is 116 Å². The van der Waals surface area contributed by atoms with Gasteiger partial charge in [-0.2, -0.15) is 15.3 Å². The lowest BCUT2D eigenvalue weighted by Gasteiger charge is -2.32. The number of halogens is 3. The number of aromatic nitrogens is 12. The molecule has 436 valence electrons. The monoisotopic (exact) mass is 1160 g/mol. The van der Waals surface area contributed by atoms with E-state index in [-0.39, 0.29) is 48.0 Å². The van der Waals surface area contributed by atoms with Crippen LogP contribution in [0.1, 0.15) is 148 Å². The van der Waals surface area contributed by atoms with Crippen molar-refractivity contribution >= 4 is 65.2 Å². The average molecular weight is 1160 g/mol. The van der Waals surface area contributed by atoms with E-state index in [1.807, 2.05) is 53.8 Å². The zero-order valence-electron chi connectivity index (χ0n) is 47.1. The quantitative estimate of drug-likeness (QED) is 0.0524. The molecule has 6 aliphatic rings. The van der Waals surface area contributed by atoms with E-state index in [1.165, 1.54) is 74.5 Å². The summed E-state index contributed by atoms with van der Waals surface area (Å²) in [5, 5.41) is 14.0. The molecule has 12 N–H and O–H groups in total. The van der Waals surface area contributed by atoms with Gasteiger partial charge in [-0.05, 0) is 173 Å². The molecule has 20 nitrogen and oxygen atoms in total. The van der Waals surface area contributed by atoms with Crippen LogP contribution in [-0.4, -0.2) is 95.7 Å². The number of nitrogens with zero attached hydrogens (tertiary/aromatic N) is 12. The van der Waals surface area contributed by atoms with Crippen molar-refractivity contribution in [2.24, 2.45) is 62.0 Å². The predicted molar refractivity (Wildman–Crippen MR) is 322 cm³/mol. The summed E-state index contributed by atoms with van der Waals surface area (Å²) in [7, 11) is 5.69. The number of nitrogen functional groups attached to an aromatic ring is 3. The average Bonchev–Trinajstić information content (AvgIpc) is 4.34. The molecule has 7 heterocycles. The Morgan fingerprint density at radius 3 is 1.24 bits per heavy atom. The molecule has 0 bridgehead atoms. The van der Waals surface area contributed by atoms with E-state index in [9.17, 15) is 0 Å². The lowest BCUT2D eigenvalue weighted by molar-refractivity contribution is 0.00578. The van der Waals surface area contributed by atoms with Crippen LogP contribution >= 0.6 is 34.8 Å². The van der Waals surface area contributed by atoms with Crippen molar-refractivity contribution in [2.75, 3.05) is 17.2 Å². The molecule has 12 rings (SSSR count). The largest absolute Gasteiger partial charge is 0.498 e. The van der Waals surface area contributed by atoms with Gasteiger partial charge in [-0.3, -0.25) is 14.0 Å². The number of anilines is 3. The molecule has 5 saturated carbocycles. The fourth-order valence-corrected chi connectivity index (χ4v) is 10.7. The molecule has 0 atom stereocenters. The van der Waals surface area contributed by atoms with E-state index in [2.05, 4.69) is 79.0 Å². The van der Waals surface area contributed by atoms with Crippen molar-refractivity contribution in [1.29, 1.82) is 0 Å². The minimum absolute atomic E-state index is 0. The zero-order valence-corrected chi connectivity index (χ0v) is 49.4. The third kappa shape index (κ3) is 17.8. The van der Waals surface area contributed by atoms with Crippen molar-refractivity contribution in [2.45, 2.75) is 180 Å². The molecular weight excluding hydrogens is 1070 g/mol. The van der Waals surface area contributed by atoms with Crippen molar-refractivity contribution in [3.05, 3.63) is 75.0 Å². The molecular formula is C56H86BCl3N18O2. The van der Waals surface area contributed by atoms with Gasteiger partial charge in [0.25, 0.3) is 0 Å². The summed E-state index contributed by atoms with van der Waals surface area (Å²) in [6.45, 7) is 8.35. The van der Waals surface area contributed by atoms with Crippen molar-refractivity contribution in [1.82, 2.24) is 59.2 Å². The summed E-state index contributed by atoms with van der Waals surface area (Å²) >= 11 is 16.8. The standard InChI is InChI=1S/C19H28N6.C14H23BN2O2.C12H14ClN5.C6H14N2.C4H3Cl2N3.CH4/c1-25-18(9-13-2-3-13)16(11-22-25)17-10-15(23-19(21)24-17)8-12-4-6-14(20)7-5-12;1-13(2)14(3,4)19-15(18-13)11-9-16-17(5)12(11)8-10-6-7-10;1-18-10(4-7-2-3-7)8(6-15-18)9-5-11(13)17-12(14)16-9;7-5-1-2-6(8)4-3-5;5-2-1-3(6)9-4(7)8-2;/h10-14H,2-9,20H2,1H3,(H2,21,23,24);9-10H,6-8H2,1-5H3;5-7H,2-4H2,1H3,(H2,14,16,17);5-6H,1-4,7-8H2;1H,(H2,7,8,9);1H4. The van der Waals surface area contributed by atoms with Crippen LogP contribution in [0.4, 0.5) is 17.8 Å². The maximum absolute atomic E-state index is 6.13. The maximum atomic E-state index is 6.13. The lowest BCUT2D eigenvalue weighted by atomic mass is 9.78. The number of hydrogen-bond donors (Lipinski definition) is 6. The zero-order chi connectivity index (χ0) is 56.8. The molecule has 0 radical (unpaired) electrons. The second kappa shape index (κ2) is 27.4. The van der Waals surface area contributed by atoms with Crippen molar-refractivity contribution in [3.8, 4) is 22.5 Å². The molecule has 6 aromatic rings. The second-order valence-corrected chi connectivity index (χ2v) is 24.7. The van der Waals surface area contributed by atoms with Gasteiger partial charge in [0, 0.05) is 97.0 Å². The Kier molecular flexibility index (Phi) is 21.4. The van der Waals surface area contributed by atoms with E-state index in [1.54, 1.807) is 6.07 Å². The summed E-state index contributed by atoms with van der Waals surface area (Å²) in [6, 6.07) is 6.51. The molecule has 1 saturated heterocycles. The summed E-state index contributed by atoms with van der Waals surface area (Å²) in [4.78, 5) is 24.3. The molecule has 6 fully saturated rings. The van der Waals surface area contributed by atoms with Gasteiger partial charge in [0.1, 0.15) is 15.5 Å². The van der Waals surface area contributed by atoms with Gasteiger partial charge < -0.3 is 43.7 Å². The first-order valence-electron chi connectivity index (χ1n) is 28.0. The predicted octanol–water partition coefficient (Wildman–Crippen LogP) is 8.43. The fourth-order valence-electron chi connectivity index (χ4n) is 10.1. The van der Waals surface area contributed by atoms with Crippen LogP contribution in [0.5, 0.6) is 0 Å². The number of nitrogens with two attached hydrogens (primary N) is 6. The van der Waals surface area contributed by atoms with Crippen LogP contribution in [0.25, 0.3) is 22.5 Å². The van der Waals surface area contributed by atoms with E-state index in [0.29, 0.717) is 35.1 Å². The van der Waals surface area contributed by atoms with Crippen LogP contribution in [0.2, 0.25) is 15.5 Å². The number of rotatable bonds is 11. The molecule has 24 heteroatoms. The summed E-state index contributed by atoms with van der Waals surface area (Å²) in [6.07, 6.45) is 26.8. The first-order chi connectivity index (χ1) is 37.5. The van der Waals surface area contributed by atoms with Gasteiger partial charge in [-0.15, -0.1) is 0 Å². The third-order valence-corrected chi connectivity index (χ3v) is 16.8. The Hall–Kier alpha value is -5.00. The first kappa shape index (κ1) is 62.6. The highest BCUT2D eigenvalue weighted by Crippen LogP contribution is 2.39. The topological polar surface area (TPSA) is 305 Å². The van der Waals surface area contributed by atoms with E-state index in [4.69, 9.17) is 78.5 Å². The van der Waals surface area contributed by atoms with Crippen LogP contribution in [0.15, 0.2) is 36.8 Å². The Morgan fingerprint density at radius 1 is 0.475 bits per heavy atom. The van der Waals surface area contributed by atoms with Gasteiger partial charge in [0.2, 0.25) is 17.8 Å². The Labute approximate surface area is 488 Å². The Morgan fingerprint density at radius 2 is 0.812 bits per heavy atom. The van der Waals surface area contributed by atoms with Crippen LogP contribution in [0.3, 0.4) is 0 Å². The van der Waals surface area contributed by atoms with Crippen molar-refractivity contribution in [3.63, 3.8) is 0 Å². The van der Waals surface area contributed by atoms with Gasteiger partial charge >= 0.3 is 7.12 Å². The fraction of sp³-hybridized carbons (Fsp3) is 0.625. The first-order valence-corrected chi connectivity index (χ1v) is 29.2. The van der Waals surface area contributed by atoms with Gasteiger partial charge in [-0.25, -0.2) is 29.9 Å². The summed E-state index contributed by atoms with van der Waals surface area (Å²) in [5.41, 5.74) is 43.2. The van der Waals surface area contributed by atoms with Crippen LogP contribution < -0.4 is 39.9 Å². The minimum Gasteiger partial charge on any atom is -0.399 e. The third-order valence-electron chi connectivity index (χ3n) is 16.2. The Balaban J connectivity index is 0.000000152. The van der Waals surface area contributed by atoms with E-state index >= 15 is 0 Å². The van der Waals surface area contributed by atoms with Gasteiger partial charge in [0.15, 0.2) is 0 Å². The minimum atomic E-state index is -0.287. The van der Waals surface area contributed by atoms with E-state index < -0.39 is 0 Å². The Bertz CT molecular complexity index is 2860. The SMILES string of the molecule is C.Cn1ncc(-c2cc(CC3CCC(N)CC3)nc(N)n2)c1CC1CC1.Cn1ncc(-c2cc(Cl)nc(N)n2)c1CC1CC1.Cn1ncc(B2OC(C)(C)C(C)(C)O2)c1CC1CC1.NC1CCC(N)CC1.Nc1nc(Cl)cc(Cl)n1. The van der Waals surface area contributed by atoms with Crippen LogP contribution in [0, 0.1) is 23.7 Å². The van der Waals surface area contributed by atoms with Crippen molar-refractivity contribution < 1.29 is 9.31 Å². The maximum Gasteiger partial charge on any atom is 0.498 e. The molecule has 5 aliphatic carbocycles. The normalized spacial score (nSPS) is 21.8. The highest BCUT2D eigenvalue weighted by Gasteiger charge is 2.53. The number of aryl methyl sites for hydroxylation is 3. The number of hydrogen-bond acceptors (Lipinski definition) is 17. The summed E-state index contributed by atoms with van der Waals surface area (Å²) < 4.78 is 18.1. The molecule has 0 unspecified atom stereocenters. The van der Waals surface area contributed by atoms with Gasteiger partial charge in [-0.1, -0.05) is 42.2 Å². The second-order valence-electron chi connectivity index (χ2n) is 23.5. The highest BCUT2D eigenvalue weighted by atomic mass is 35.5.